The van der Waals surface area contributed by atoms with E-state index in [1.54, 1.807) is 0 Å². The third-order valence-corrected chi connectivity index (χ3v) is 2.62. The van der Waals surface area contributed by atoms with Gasteiger partial charge in [-0.15, -0.1) is 0 Å². The first-order valence-electron chi connectivity index (χ1n) is 4.55. The Kier molecular flexibility index (Phi) is 2.16. The Hall–Kier alpha value is -1.14. The highest BCUT2D eigenvalue weighted by Gasteiger charge is 2.41. The summed E-state index contributed by atoms with van der Waals surface area (Å²) in [7, 11) is 0. The van der Waals surface area contributed by atoms with Gasteiger partial charge in [0, 0.05) is 13.1 Å². The van der Waals surface area contributed by atoms with E-state index in [0.717, 1.165) is 0 Å². The van der Waals surface area contributed by atoms with Gasteiger partial charge < -0.3 is 10.6 Å². The lowest BCUT2D eigenvalue weighted by Gasteiger charge is -2.37. The Labute approximate surface area is 81.3 Å². The van der Waals surface area contributed by atoms with Crippen LogP contribution in [0.3, 0.4) is 0 Å². The first-order valence-corrected chi connectivity index (χ1v) is 4.55. The fraction of sp³-hybridized carbons (Fsp3) is 0.750. The highest BCUT2D eigenvalue weighted by Crippen LogP contribution is 2.21. The molecule has 6 nitrogen and oxygen atoms in total. The third-order valence-electron chi connectivity index (χ3n) is 2.62. The molecule has 0 aliphatic carbocycles. The van der Waals surface area contributed by atoms with Crippen LogP contribution in [0.2, 0.25) is 0 Å². The quantitative estimate of drug-likeness (QED) is 0.487. The first-order chi connectivity index (χ1) is 6.62. The van der Waals surface area contributed by atoms with Crippen LogP contribution in [0.15, 0.2) is 0 Å². The van der Waals surface area contributed by atoms with Gasteiger partial charge in [-0.1, -0.05) is 0 Å². The molecule has 1 atom stereocenters. The molecular formula is C8H13N3O3. The predicted molar refractivity (Wildman–Crippen MR) is 47.0 cm³/mol. The van der Waals surface area contributed by atoms with Crippen LogP contribution >= 0.6 is 0 Å². The minimum absolute atomic E-state index is 0.0955. The maximum absolute atomic E-state index is 11.7. The maximum atomic E-state index is 11.7. The van der Waals surface area contributed by atoms with Crippen molar-refractivity contribution < 1.29 is 14.4 Å². The van der Waals surface area contributed by atoms with Crippen LogP contribution in [0, 0.1) is 5.41 Å². The largest absolute Gasteiger partial charge is 0.342 e. The Bertz CT molecular complexity index is 275. The van der Waals surface area contributed by atoms with Crippen LogP contribution in [0.5, 0.6) is 0 Å². The first kappa shape index (κ1) is 9.42. The van der Waals surface area contributed by atoms with Crippen LogP contribution in [0.4, 0.5) is 0 Å². The van der Waals surface area contributed by atoms with Gasteiger partial charge in [0.15, 0.2) is 0 Å². The molecule has 0 unspecified atom stereocenters. The molecule has 0 aromatic rings. The predicted octanol–water partition coefficient (Wildman–Crippen LogP) is -1.86. The molecule has 0 aromatic heterocycles. The monoisotopic (exact) mass is 199 g/mol. The molecule has 0 saturated carbocycles. The van der Waals surface area contributed by atoms with Crippen molar-refractivity contribution in [3.8, 4) is 0 Å². The summed E-state index contributed by atoms with van der Waals surface area (Å²) in [5.41, 5.74) is 1.82. The Balaban J connectivity index is 1.90. The van der Waals surface area contributed by atoms with E-state index in [1.807, 2.05) is 6.92 Å². The standard InChI is InChI=1S/C8H13N3O3/c1-8(3-9-4-8)7(13)10-5-2-14-11-6(5)12/h5,9H,2-4H2,1H3,(H,10,13)(H,11,12)/t5-/m1/s1. The molecule has 2 fully saturated rings. The van der Waals surface area contributed by atoms with Crippen molar-refractivity contribution in [1.29, 1.82) is 0 Å². The van der Waals surface area contributed by atoms with Crippen molar-refractivity contribution in [2.45, 2.75) is 13.0 Å². The third kappa shape index (κ3) is 1.46. The Morgan fingerprint density at radius 3 is 2.79 bits per heavy atom. The fourth-order valence-corrected chi connectivity index (χ4v) is 1.44. The van der Waals surface area contributed by atoms with E-state index >= 15 is 0 Å². The summed E-state index contributed by atoms with van der Waals surface area (Å²) in [6.07, 6.45) is 0. The topological polar surface area (TPSA) is 79.5 Å². The van der Waals surface area contributed by atoms with E-state index in [9.17, 15) is 9.59 Å². The molecule has 14 heavy (non-hydrogen) atoms. The fourth-order valence-electron chi connectivity index (χ4n) is 1.44. The molecule has 2 rings (SSSR count). The normalized spacial score (nSPS) is 29.2. The van der Waals surface area contributed by atoms with Gasteiger partial charge >= 0.3 is 0 Å². The van der Waals surface area contributed by atoms with Gasteiger partial charge in [-0.25, -0.2) is 5.48 Å². The van der Waals surface area contributed by atoms with Crippen LogP contribution in [0.25, 0.3) is 0 Å². The van der Waals surface area contributed by atoms with E-state index in [2.05, 4.69) is 16.1 Å². The summed E-state index contributed by atoms with van der Waals surface area (Å²) in [5, 5.41) is 5.68. The number of amides is 2. The maximum Gasteiger partial charge on any atom is 0.268 e. The molecule has 2 amide bonds. The van der Waals surface area contributed by atoms with Crippen LogP contribution in [-0.4, -0.2) is 37.6 Å². The SMILES string of the molecule is CC1(C(=O)N[C@@H]2CONC2=O)CNC1. The van der Waals surface area contributed by atoms with E-state index in [-0.39, 0.29) is 23.8 Å². The molecule has 0 aromatic carbocycles. The summed E-state index contributed by atoms with van der Waals surface area (Å²) in [6, 6.07) is -0.542. The molecule has 2 aliphatic heterocycles. The molecule has 2 saturated heterocycles. The van der Waals surface area contributed by atoms with Crippen molar-refractivity contribution in [2.24, 2.45) is 5.41 Å². The lowest BCUT2D eigenvalue weighted by molar-refractivity contribution is -0.135. The second kappa shape index (κ2) is 3.21. The summed E-state index contributed by atoms with van der Waals surface area (Å²) in [4.78, 5) is 27.4. The molecule has 0 bridgehead atoms. The number of nitrogens with one attached hydrogen (secondary N) is 3. The number of carbonyl (C=O) groups excluding carboxylic acids is 2. The summed E-state index contributed by atoms with van der Waals surface area (Å²) in [5.74, 6) is -0.379. The van der Waals surface area contributed by atoms with Crippen LogP contribution in [-0.2, 0) is 14.4 Å². The van der Waals surface area contributed by atoms with Gasteiger partial charge in [0.2, 0.25) is 5.91 Å². The minimum Gasteiger partial charge on any atom is -0.342 e. The summed E-state index contributed by atoms with van der Waals surface area (Å²) >= 11 is 0. The highest BCUT2D eigenvalue weighted by molar-refractivity contribution is 5.91. The lowest BCUT2D eigenvalue weighted by atomic mass is 9.83. The molecule has 0 radical (unpaired) electrons. The van der Waals surface area contributed by atoms with Gasteiger partial charge in [0.25, 0.3) is 5.91 Å². The lowest BCUT2D eigenvalue weighted by Crippen LogP contribution is -2.61. The zero-order chi connectivity index (χ0) is 10.2. The average molecular weight is 199 g/mol. The zero-order valence-corrected chi connectivity index (χ0v) is 7.92. The highest BCUT2D eigenvalue weighted by atomic mass is 16.7. The van der Waals surface area contributed by atoms with Gasteiger partial charge in [-0.3, -0.25) is 14.4 Å². The van der Waals surface area contributed by atoms with E-state index in [4.69, 9.17) is 4.84 Å². The molecule has 78 valence electrons. The number of rotatable bonds is 2. The second-order valence-corrected chi connectivity index (χ2v) is 3.97. The van der Waals surface area contributed by atoms with E-state index in [0.29, 0.717) is 13.1 Å². The van der Waals surface area contributed by atoms with Crippen molar-refractivity contribution in [2.75, 3.05) is 19.7 Å². The minimum atomic E-state index is -0.542. The van der Waals surface area contributed by atoms with Gasteiger partial charge in [0.05, 0.1) is 5.41 Å². The van der Waals surface area contributed by atoms with Gasteiger partial charge in [0.1, 0.15) is 12.6 Å². The number of hydroxylamine groups is 1. The van der Waals surface area contributed by atoms with Crippen LogP contribution < -0.4 is 16.1 Å². The van der Waals surface area contributed by atoms with E-state index in [1.165, 1.54) is 0 Å². The smallest absolute Gasteiger partial charge is 0.268 e. The summed E-state index contributed by atoms with van der Waals surface area (Å²) in [6.45, 7) is 3.39. The van der Waals surface area contributed by atoms with E-state index < -0.39 is 6.04 Å². The van der Waals surface area contributed by atoms with Crippen molar-refractivity contribution in [1.82, 2.24) is 16.1 Å². The van der Waals surface area contributed by atoms with Crippen molar-refractivity contribution >= 4 is 11.8 Å². The van der Waals surface area contributed by atoms with Crippen molar-refractivity contribution in [3.63, 3.8) is 0 Å². The molecule has 6 heteroatoms. The van der Waals surface area contributed by atoms with Crippen molar-refractivity contribution in [3.05, 3.63) is 0 Å². The molecule has 2 heterocycles. The summed E-state index contributed by atoms with van der Waals surface area (Å²) < 4.78 is 0. The number of carbonyl (C=O) groups is 2. The number of hydrogen-bond donors (Lipinski definition) is 3. The average Bonchev–Trinajstić information content (AvgIpc) is 2.48. The molecule has 0 spiro atoms. The Morgan fingerprint density at radius 2 is 2.36 bits per heavy atom. The molecule has 3 N–H and O–H groups in total. The Morgan fingerprint density at radius 1 is 1.64 bits per heavy atom. The van der Waals surface area contributed by atoms with Gasteiger partial charge in [-0.05, 0) is 6.92 Å². The second-order valence-electron chi connectivity index (χ2n) is 3.97. The number of hydrogen-bond acceptors (Lipinski definition) is 4. The van der Waals surface area contributed by atoms with Crippen LogP contribution in [0.1, 0.15) is 6.92 Å². The molecular weight excluding hydrogens is 186 g/mol. The zero-order valence-electron chi connectivity index (χ0n) is 7.92. The van der Waals surface area contributed by atoms with Gasteiger partial charge in [-0.2, -0.15) is 0 Å². The molecule has 2 aliphatic rings.